The highest BCUT2D eigenvalue weighted by Crippen LogP contribution is 2.41. The van der Waals surface area contributed by atoms with Crippen LogP contribution in [0.25, 0.3) is 6.08 Å². The number of anilines is 2. The highest BCUT2D eigenvalue weighted by atomic mass is 16.5. The Hall–Kier alpha value is -2.45. The maximum Gasteiger partial charge on any atom is 0.137 e. The van der Waals surface area contributed by atoms with E-state index in [0.29, 0.717) is 12.1 Å². The molecule has 2 fully saturated rings. The molecule has 0 saturated carbocycles. The zero-order valence-corrected chi connectivity index (χ0v) is 20.5. The van der Waals surface area contributed by atoms with Crippen LogP contribution in [0, 0.1) is 0 Å². The SMILES string of the molecule is CO[C@H]1CCN(c2ccc3c(c2)CN2[C@H](C)CN(C4C=Cc5cccnc5N4C)C[C@H]32)C[C@@H]1N. The maximum atomic E-state index is 6.38. The van der Waals surface area contributed by atoms with Gasteiger partial charge in [-0.2, -0.15) is 0 Å². The molecule has 1 unspecified atom stereocenters. The van der Waals surface area contributed by atoms with Crippen LogP contribution >= 0.6 is 0 Å². The molecule has 7 heteroatoms. The third-order valence-corrected chi connectivity index (χ3v) is 8.34. The first-order chi connectivity index (χ1) is 16.5. The van der Waals surface area contributed by atoms with E-state index in [2.05, 4.69) is 75.0 Å². The molecule has 1 aromatic carbocycles. The van der Waals surface area contributed by atoms with Crippen molar-refractivity contribution in [2.24, 2.45) is 5.73 Å². The quantitative estimate of drug-likeness (QED) is 0.756. The monoisotopic (exact) mass is 460 g/mol. The van der Waals surface area contributed by atoms with Crippen molar-refractivity contribution in [3.8, 4) is 0 Å². The van der Waals surface area contributed by atoms with E-state index in [1.807, 2.05) is 12.3 Å². The third kappa shape index (κ3) is 3.62. The van der Waals surface area contributed by atoms with Gasteiger partial charge in [0.15, 0.2) is 0 Å². The number of benzene rings is 1. The number of methoxy groups -OCH3 is 1. The lowest BCUT2D eigenvalue weighted by Crippen LogP contribution is -2.57. The van der Waals surface area contributed by atoms with Gasteiger partial charge >= 0.3 is 0 Å². The fraction of sp³-hybridized carbons (Fsp3) is 0.519. The zero-order chi connectivity index (χ0) is 23.4. The normalized spacial score (nSPS) is 31.4. The summed E-state index contributed by atoms with van der Waals surface area (Å²) >= 11 is 0. The van der Waals surface area contributed by atoms with Crippen molar-refractivity contribution < 1.29 is 4.74 Å². The van der Waals surface area contributed by atoms with Crippen molar-refractivity contribution >= 4 is 17.6 Å². The summed E-state index contributed by atoms with van der Waals surface area (Å²) in [5.41, 5.74) is 11.8. The summed E-state index contributed by atoms with van der Waals surface area (Å²) in [4.78, 5) is 14.7. The molecule has 7 nitrogen and oxygen atoms in total. The summed E-state index contributed by atoms with van der Waals surface area (Å²) in [5, 5.41) is 0. The summed E-state index contributed by atoms with van der Waals surface area (Å²) < 4.78 is 5.55. The van der Waals surface area contributed by atoms with E-state index in [1.165, 1.54) is 22.4 Å². The smallest absolute Gasteiger partial charge is 0.137 e. The second kappa shape index (κ2) is 8.64. The average Bonchev–Trinajstić information content (AvgIpc) is 3.23. The molecule has 1 aromatic heterocycles. The number of hydrogen-bond acceptors (Lipinski definition) is 7. The van der Waals surface area contributed by atoms with E-state index in [1.54, 1.807) is 7.11 Å². The van der Waals surface area contributed by atoms with Crippen LogP contribution in [-0.4, -0.2) is 79.5 Å². The Kier molecular flexibility index (Phi) is 5.60. The van der Waals surface area contributed by atoms with Crippen molar-refractivity contribution in [3.63, 3.8) is 0 Å². The number of piperazine rings is 1. The molecular weight excluding hydrogens is 424 g/mol. The van der Waals surface area contributed by atoms with E-state index >= 15 is 0 Å². The van der Waals surface area contributed by atoms with Crippen molar-refractivity contribution in [1.29, 1.82) is 0 Å². The number of hydrogen-bond donors (Lipinski definition) is 1. The topological polar surface area (TPSA) is 61.1 Å². The van der Waals surface area contributed by atoms with Gasteiger partial charge in [0.2, 0.25) is 0 Å². The van der Waals surface area contributed by atoms with Gasteiger partial charge in [-0.25, -0.2) is 4.98 Å². The van der Waals surface area contributed by atoms with Crippen LogP contribution < -0.4 is 15.5 Å². The highest BCUT2D eigenvalue weighted by molar-refractivity contribution is 5.68. The number of nitrogens with zero attached hydrogens (tertiary/aromatic N) is 5. The van der Waals surface area contributed by atoms with Gasteiger partial charge in [0.25, 0.3) is 0 Å². The molecule has 180 valence electrons. The Labute approximate surface area is 202 Å². The number of rotatable bonds is 3. The molecule has 4 aliphatic rings. The van der Waals surface area contributed by atoms with E-state index in [4.69, 9.17) is 10.5 Å². The Morgan fingerprint density at radius 1 is 1.15 bits per heavy atom. The minimum atomic E-state index is 0.0621. The Morgan fingerprint density at radius 2 is 2.03 bits per heavy atom. The zero-order valence-electron chi connectivity index (χ0n) is 20.5. The first-order valence-corrected chi connectivity index (χ1v) is 12.6. The second-order valence-corrected chi connectivity index (χ2v) is 10.3. The van der Waals surface area contributed by atoms with E-state index in [9.17, 15) is 0 Å². The number of fused-ring (bicyclic) bond motifs is 4. The predicted octanol–water partition coefficient (Wildman–Crippen LogP) is 2.68. The number of pyridine rings is 1. The van der Waals surface area contributed by atoms with Crippen LogP contribution in [-0.2, 0) is 11.3 Å². The molecule has 0 aliphatic carbocycles. The summed E-state index contributed by atoms with van der Waals surface area (Å²) in [7, 11) is 3.94. The Bertz CT molecular complexity index is 1090. The Morgan fingerprint density at radius 3 is 2.85 bits per heavy atom. The number of likely N-dealkylation sites (N-methyl/N-ethyl adjacent to an activating group) is 1. The first kappa shape index (κ1) is 22.0. The molecule has 2 saturated heterocycles. The van der Waals surface area contributed by atoms with Gasteiger partial charge in [0.05, 0.1) is 6.10 Å². The molecule has 0 spiro atoms. The molecule has 0 bridgehead atoms. The summed E-state index contributed by atoms with van der Waals surface area (Å²) in [5.74, 6) is 1.07. The fourth-order valence-electron chi connectivity index (χ4n) is 6.49. The standard InChI is InChI=1S/C27H36N6O/c1-18-14-32(26-9-6-19-5-4-11-29-27(19)30(26)2)17-24-22-8-7-21(13-20(22)15-33(18)24)31-12-10-25(34-3)23(28)16-31/h4-9,11,13,18,23-26H,10,12,14-17,28H2,1-3H3/t18-,23+,24-,25+,26?/m1/s1. The molecule has 5 atom stereocenters. The van der Waals surface area contributed by atoms with Gasteiger partial charge in [-0.05, 0) is 54.8 Å². The number of aromatic nitrogens is 1. The maximum absolute atomic E-state index is 6.38. The first-order valence-electron chi connectivity index (χ1n) is 12.6. The number of nitrogens with two attached hydrogens (primary N) is 1. The molecular formula is C27H36N6O. The van der Waals surface area contributed by atoms with Crippen molar-refractivity contribution in [3.05, 3.63) is 59.3 Å². The lowest BCUT2D eigenvalue weighted by molar-refractivity contribution is 0.0246. The minimum Gasteiger partial charge on any atom is -0.380 e. The van der Waals surface area contributed by atoms with Gasteiger partial charge in [0.1, 0.15) is 12.0 Å². The molecule has 5 heterocycles. The highest BCUT2D eigenvalue weighted by Gasteiger charge is 2.41. The fourth-order valence-corrected chi connectivity index (χ4v) is 6.49. The van der Waals surface area contributed by atoms with Crippen LogP contribution in [0.1, 0.15) is 36.1 Å². The van der Waals surface area contributed by atoms with Crippen LogP contribution in [0.4, 0.5) is 11.5 Å². The molecule has 2 aromatic rings. The van der Waals surface area contributed by atoms with Crippen LogP contribution in [0.3, 0.4) is 0 Å². The van der Waals surface area contributed by atoms with Crippen molar-refractivity contribution in [2.45, 2.75) is 50.3 Å². The van der Waals surface area contributed by atoms with E-state index in [-0.39, 0.29) is 18.3 Å². The summed E-state index contributed by atoms with van der Waals surface area (Å²) in [6.07, 6.45) is 7.84. The predicted molar refractivity (Wildman–Crippen MR) is 137 cm³/mol. The second-order valence-electron chi connectivity index (χ2n) is 10.3. The molecule has 4 aliphatic heterocycles. The summed E-state index contributed by atoms with van der Waals surface area (Å²) in [6.45, 7) is 7.34. The van der Waals surface area contributed by atoms with Crippen molar-refractivity contribution in [1.82, 2.24) is 14.8 Å². The van der Waals surface area contributed by atoms with Gasteiger partial charge in [-0.1, -0.05) is 12.1 Å². The van der Waals surface area contributed by atoms with Crippen LogP contribution in [0.2, 0.25) is 0 Å². The number of piperidine rings is 1. The largest absolute Gasteiger partial charge is 0.380 e. The lowest BCUT2D eigenvalue weighted by Gasteiger charge is -2.48. The third-order valence-electron chi connectivity index (χ3n) is 8.34. The van der Waals surface area contributed by atoms with Gasteiger partial charge in [0, 0.05) is 82.5 Å². The van der Waals surface area contributed by atoms with Gasteiger partial charge < -0.3 is 20.3 Å². The van der Waals surface area contributed by atoms with Crippen LogP contribution in [0.5, 0.6) is 0 Å². The van der Waals surface area contributed by atoms with Gasteiger partial charge in [-0.3, -0.25) is 9.80 Å². The Balaban J connectivity index is 1.22. The van der Waals surface area contributed by atoms with Gasteiger partial charge in [-0.15, -0.1) is 0 Å². The number of ether oxygens (including phenoxy) is 1. The lowest BCUT2D eigenvalue weighted by atomic mass is 9.98. The minimum absolute atomic E-state index is 0.0621. The molecule has 2 N–H and O–H groups in total. The molecule has 6 rings (SSSR count). The van der Waals surface area contributed by atoms with E-state index < -0.39 is 0 Å². The molecule has 0 amide bonds. The van der Waals surface area contributed by atoms with Crippen LogP contribution in [0.15, 0.2) is 42.6 Å². The molecule has 34 heavy (non-hydrogen) atoms. The van der Waals surface area contributed by atoms with Crippen molar-refractivity contribution in [2.75, 3.05) is 50.1 Å². The average molecular weight is 461 g/mol. The summed E-state index contributed by atoms with van der Waals surface area (Å²) in [6, 6.07) is 12.2. The molecule has 0 radical (unpaired) electrons. The van der Waals surface area contributed by atoms with E-state index in [0.717, 1.165) is 45.0 Å².